The van der Waals surface area contributed by atoms with E-state index < -0.39 is 0 Å². The maximum Gasteiger partial charge on any atom is 0.223 e. The Balaban J connectivity index is 0.00000243. The molecular formula is C22H29ClN2O. The van der Waals surface area contributed by atoms with Crippen LogP contribution in [0.3, 0.4) is 0 Å². The Morgan fingerprint density at radius 1 is 1.12 bits per heavy atom. The molecule has 1 unspecified atom stereocenters. The van der Waals surface area contributed by atoms with Gasteiger partial charge in [-0.25, -0.2) is 0 Å². The molecule has 1 aliphatic rings. The van der Waals surface area contributed by atoms with Crippen molar-refractivity contribution in [2.24, 2.45) is 0 Å². The lowest BCUT2D eigenvalue weighted by atomic mass is 9.87. The number of benzene rings is 2. The third-order valence-corrected chi connectivity index (χ3v) is 5.21. The Bertz CT molecular complexity index is 732. The molecule has 0 saturated carbocycles. The Morgan fingerprint density at radius 2 is 1.81 bits per heavy atom. The van der Waals surface area contributed by atoms with Gasteiger partial charge in [0.15, 0.2) is 0 Å². The van der Waals surface area contributed by atoms with E-state index in [1.165, 1.54) is 11.1 Å². The monoisotopic (exact) mass is 372 g/mol. The number of nitrogens with two attached hydrogens (primary N) is 1. The first-order valence-electron chi connectivity index (χ1n) is 9.38. The highest BCUT2D eigenvalue weighted by Crippen LogP contribution is 2.25. The number of nitrogens with zero attached hydrogens (tertiary/aromatic N) is 1. The van der Waals surface area contributed by atoms with E-state index >= 15 is 0 Å². The summed E-state index contributed by atoms with van der Waals surface area (Å²) >= 11 is 0. The number of carbonyl (C=O) groups excluding carboxylic acids is 1. The van der Waals surface area contributed by atoms with Crippen LogP contribution >= 0.6 is 12.4 Å². The van der Waals surface area contributed by atoms with E-state index in [2.05, 4.69) is 36.1 Å². The number of amides is 1. The summed E-state index contributed by atoms with van der Waals surface area (Å²) in [5, 5.41) is 0. The summed E-state index contributed by atoms with van der Waals surface area (Å²) < 4.78 is 0. The quantitative estimate of drug-likeness (QED) is 0.763. The molecule has 1 amide bonds. The number of halogens is 1. The van der Waals surface area contributed by atoms with E-state index in [4.69, 9.17) is 5.73 Å². The van der Waals surface area contributed by atoms with E-state index in [1.54, 1.807) is 0 Å². The van der Waals surface area contributed by atoms with Crippen molar-refractivity contribution in [2.45, 2.75) is 51.5 Å². The Kier molecular flexibility index (Phi) is 7.52. The highest BCUT2D eigenvalue weighted by atomic mass is 35.5. The van der Waals surface area contributed by atoms with Gasteiger partial charge in [-0.3, -0.25) is 4.79 Å². The number of para-hydroxylation sites is 1. The Hall–Kier alpha value is -2.00. The third-order valence-electron chi connectivity index (χ3n) is 5.21. The molecule has 2 N–H and O–H groups in total. The normalized spacial score (nSPS) is 15.7. The van der Waals surface area contributed by atoms with Gasteiger partial charge in [-0.15, -0.1) is 12.4 Å². The maximum absolute atomic E-state index is 12.9. The number of anilines is 1. The van der Waals surface area contributed by atoms with Crippen molar-refractivity contribution in [1.29, 1.82) is 0 Å². The first kappa shape index (κ1) is 20.3. The lowest BCUT2D eigenvalue weighted by molar-refractivity contribution is -0.133. The highest BCUT2D eigenvalue weighted by Gasteiger charge is 2.26. The van der Waals surface area contributed by atoms with Gasteiger partial charge in [0.2, 0.25) is 5.91 Å². The summed E-state index contributed by atoms with van der Waals surface area (Å²) in [7, 11) is 0. The second-order valence-corrected chi connectivity index (χ2v) is 6.95. The first-order chi connectivity index (χ1) is 12.2. The Morgan fingerprint density at radius 3 is 2.54 bits per heavy atom. The number of hydrogen-bond acceptors (Lipinski definition) is 2. The average Bonchev–Trinajstić information content (AvgIpc) is 2.65. The lowest BCUT2D eigenvalue weighted by Crippen LogP contribution is -2.44. The van der Waals surface area contributed by atoms with Crippen molar-refractivity contribution in [3.8, 4) is 0 Å². The lowest BCUT2D eigenvalue weighted by Gasteiger charge is -2.35. The van der Waals surface area contributed by atoms with Gasteiger partial charge in [0, 0.05) is 24.7 Å². The number of carbonyl (C=O) groups is 1. The predicted octanol–water partition coefficient (Wildman–Crippen LogP) is 4.42. The summed E-state index contributed by atoms with van der Waals surface area (Å²) in [6.45, 7) is 2.99. The fraction of sp³-hybridized carbons (Fsp3) is 0.409. The van der Waals surface area contributed by atoms with Gasteiger partial charge in [-0.2, -0.15) is 0 Å². The van der Waals surface area contributed by atoms with Gasteiger partial charge in [0.25, 0.3) is 0 Å². The third kappa shape index (κ3) is 4.79. The first-order valence-corrected chi connectivity index (χ1v) is 9.38. The molecule has 140 valence electrons. The van der Waals surface area contributed by atoms with Crippen LogP contribution < -0.4 is 5.73 Å². The van der Waals surface area contributed by atoms with Crippen molar-refractivity contribution in [3.63, 3.8) is 0 Å². The molecule has 3 rings (SSSR count). The molecule has 0 fully saturated rings. The SMILES string of the molecule is CCCN(C(=O)CCc1ccccc1N)C1CCc2ccccc2C1.Cl. The second kappa shape index (κ2) is 9.63. The zero-order valence-electron chi connectivity index (χ0n) is 15.5. The van der Waals surface area contributed by atoms with Gasteiger partial charge in [0.1, 0.15) is 0 Å². The topological polar surface area (TPSA) is 46.3 Å². The number of aryl methyl sites for hydroxylation is 2. The summed E-state index contributed by atoms with van der Waals surface area (Å²) in [4.78, 5) is 15.0. The van der Waals surface area contributed by atoms with Gasteiger partial charge in [-0.05, 0) is 54.9 Å². The standard InChI is InChI=1S/C22H28N2O.ClH/c1-2-15-24(20-13-11-17-7-3-4-9-19(17)16-20)22(25)14-12-18-8-5-6-10-21(18)23;/h3-10,20H,2,11-16,23H2,1H3;1H. The second-order valence-electron chi connectivity index (χ2n) is 6.95. The van der Waals surface area contributed by atoms with Crippen LogP contribution in [0.5, 0.6) is 0 Å². The summed E-state index contributed by atoms with van der Waals surface area (Å²) in [5.74, 6) is 0.259. The molecular weight excluding hydrogens is 344 g/mol. The van der Waals surface area contributed by atoms with Gasteiger partial charge >= 0.3 is 0 Å². The maximum atomic E-state index is 12.9. The van der Waals surface area contributed by atoms with Crippen LogP contribution in [0.25, 0.3) is 0 Å². The number of hydrogen-bond donors (Lipinski definition) is 1. The molecule has 0 aliphatic heterocycles. The number of nitrogen functional groups attached to an aromatic ring is 1. The smallest absolute Gasteiger partial charge is 0.223 e. The zero-order valence-corrected chi connectivity index (χ0v) is 16.3. The van der Waals surface area contributed by atoms with E-state index in [1.807, 2.05) is 24.3 Å². The van der Waals surface area contributed by atoms with Crippen molar-refractivity contribution < 1.29 is 4.79 Å². The minimum atomic E-state index is 0. The van der Waals surface area contributed by atoms with Gasteiger partial charge < -0.3 is 10.6 Å². The zero-order chi connectivity index (χ0) is 17.6. The highest BCUT2D eigenvalue weighted by molar-refractivity contribution is 5.85. The molecule has 0 radical (unpaired) electrons. The van der Waals surface area contributed by atoms with Crippen LogP contribution in [0.1, 0.15) is 42.9 Å². The molecule has 1 atom stereocenters. The van der Waals surface area contributed by atoms with Crippen molar-refractivity contribution in [1.82, 2.24) is 4.90 Å². The Labute approximate surface area is 163 Å². The van der Waals surface area contributed by atoms with Crippen molar-refractivity contribution >= 4 is 24.0 Å². The molecule has 0 bridgehead atoms. The van der Waals surface area contributed by atoms with Crippen molar-refractivity contribution in [2.75, 3.05) is 12.3 Å². The summed E-state index contributed by atoms with van der Waals surface area (Å²) in [6, 6.07) is 16.8. The number of rotatable bonds is 6. The molecule has 2 aromatic rings. The van der Waals surface area contributed by atoms with Crippen LogP contribution in [0.4, 0.5) is 5.69 Å². The van der Waals surface area contributed by atoms with Crippen LogP contribution in [0, 0.1) is 0 Å². The summed E-state index contributed by atoms with van der Waals surface area (Å²) in [6.07, 6.45) is 5.37. The van der Waals surface area contributed by atoms with E-state index in [9.17, 15) is 4.79 Å². The molecule has 0 spiro atoms. The van der Waals surface area contributed by atoms with Gasteiger partial charge in [-0.1, -0.05) is 49.4 Å². The molecule has 3 nitrogen and oxygen atoms in total. The molecule has 4 heteroatoms. The molecule has 2 aromatic carbocycles. The van der Waals surface area contributed by atoms with Crippen LogP contribution in [0.15, 0.2) is 48.5 Å². The number of fused-ring (bicyclic) bond motifs is 1. The molecule has 0 heterocycles. The summed E-state index contributed by atoms with van der Waals surface area (Å²) in [5.41, 5.74) is 10.7. The minimum Gasteiger partial charge on any atom is -0.399 e. The molecule has 0 saturated heterocycles. The van der Waals surface area contributed by atoms with Crippen LogP contribution in [0.2, 0.25) is 0 Å². The van der Waals surface area contributed by atoms with Crippen LogP contribution in [-0.2, 0) is 24.1 Å². The van der Waals surface area contributed by atoms with E-state index in [0.717, 1.165) is 49.9 Å². The average molecular weight is 373 g/mol. The molecule has 0 aromatic heterocycles. The van der Waals surface area contributed by atoms with E-state index in [-0.39, 0.29) is 18.3 Å². The minimum absolute atomic E-state index is 0. The molecule has 1 aliphatic carbocycles. The van der Waals surface area contributed by atoms with E-state index in [0.29, 0.717) is 12.5 Å². The predicted molar refractivity (Wildman–Crippen MR) is 111 cm³/mol. The fourth-order valence-corrected chi connectivity index (χ4v) is 3.84. The van der Waals surface area contributed by atoms with Gasteiger partial charge in [0.05, 0.1) is 0 Å². The fourth-order valence-electron chi connectivity index (χ4n) is 3.84. The molecule has 26 heavy (non-hydrogen) atoms. The van der Waals surface area contributed by atoms with Crippen LogP contribution in [-0.4, -0.2) is 23.4 Å². The largest absolute Gasteiger partial charge is 0.399 e. The van der Waals surface area contributed by atoms with Crippen molar-refractivity contribution in [3.05, 3.63) is 65.2 Å².